The zero-order valence-corrected chi connectivity index (χ0v) is 19.3. The molecule has 2 aliphatic rings. The van der Waals surface area contributed by atoms with Crippen molar-refractivity contribution >= 4 is 23.0 Å². The molecule has 5 rings (SSSR count). The minimum absolute atomic E-state index is 0.0115. The molecule has 0 unspecified atom stereocenters. The van der Waals surface area contributed by atoms with E-state index in [4.69, 9.17) is 9.47 Å². The highest BCUT2D eigenvalue weighted by Crippen LogP contribution is 2.39. The number of anilines is 3. The topological polar surface area (TPSA) is 54.0 Å². The molecular weight excluding hydrogens is 433 g/mol. The van der Waals surface area contributed by atoms with Crippen LogP contribution in [0.1, 0.15) is 5.56 Å². The molecule has 7 heteroatoms. The van der Waals surface area contributed by atoms with Crippen molar-refractivity contribution in [2.45, 2.75) is 12.5 Å². The van der Waals surface area contributed by atoms with Crippen molar-refractivity contribution in [3.63, 3.8) is 0 Å². The average molecular weight is 462 g/mol. The van der Waals surface area contributed by atoms with Gasteiger partial charge in [-0.2, -0.15) is 0 Å². The molecule has 2 heterocycles. The molecule has 0 saturated carbocycles. The summed E-state index contributed by atoms with van der Waals surface area (Å²) < 4.78 is 24.2. The van der Waals surface area contributed by atoms with Gasteiger partial charge < -0.3 is 24.6 Å². The van der Waals surface area contributed by atoms with E-state index in [-0.39, 0.29) is 23.7 Å². The van der Waals surface area contributed by atoms with Crippen molar-refractivity contribution in [3.8, 4) is 11.5 Å². The third kappa shape index (κ3) is 4.25. The molecule has 2 atom stereocenters. The van der Waals surface area contributed by atoms with Crippen LogP contribution in [0.4, 0.5) is 21.5 Å². The summed E-state index contributed by atoms with van der Waals surface area (Å²) in [6.07, 6.45) is 0.639. The van der Waals surface area contributed by atoms with Crippen LogP contribution in [0, 0.1) is 11.7 Å². The summed E-state index contributed by atoms with van der Waals surface area (Å²) in [5.41, 5.74) is 3.97. The van der Waals surface area contributed by atoms with Crippen LogP contribution in [-0.4, -0.2) is 45.8 Å². The second kappa shape index (κ2) is 9.25. The quantitative estimate of drug-likeness (QED) is 0.612. The maximum Gasteiger partial charge on any atom is 0.229 e. The smallest absolute Gasteiger partial charge is 0.229 e. The highest BCUT2D eigenvalue weighted by Gasteiger charge is 2.41. The summed E-state index contributed by atoms with van der Waals surface area (Å²) in [5, 5.41) is 3.10. The Labute approximate surface area is 198 Å². The van der Waals surface area contributed by atoms with E-state index in [0.29, 0.717) is 13.0 Å². The predicted octanol–water partition coefficient (Wildman–Crippen LogP) is 4.35. The summed E-state index contributed by atoms with van der Waals surface area (Å²) in [6.45, 7) is 2.21. The minimum atomic E-state index is -0.252. The van der Waals surface area contributed by atoms with Crippen molar-refractivity contribution in [3.05, 3.63) is 78.1 Å². The van der Waals surface area contributed by atoms with Crippen molar-refractivity contribution in [1.29, 1.82) is 0 Å². The van der Waals surface area contributed by atoms with Gasteiger partial charge in [-0.1, -0.05) is 6.07 Å². The van der Waals surface area contributed by atoms with Gasteiger partial charge in [-0.15, -0.1) is 0 Å². The number of halogens is 1. The molecule has 6 nitrogen and oxygen atoms in total. The molecule has 0 aliphatic carbocycles. The zero-order valence-electron chi connectivity index (χ0n) is 19.3. The fraction of sp³-hybridized carbons (Fsp3) is 0.296. The van der Waals surface area contributed by atoms with Gasteiger partial charge in [-0.3, -0.25) is 4.79 Å². The number of nitrogens with zero attached hydrogens (tertiary/aromatic N) is 2. The van der Waals surface area contributed by atoms with Crippen LogP contribution >= 0.6 is 0 Å². The lowest BCUT2D eigenvalue weighted by atomic mass is 9.83. The van der Waals surface area contributed by atoms with Crippen LogP contribution in [0.2, 0.25) is 0 Å². The first-order chi connectivity index (χ1) is 16.6. The van der Waals surface area contributed by atoms with Crippen molar-refractivity contribution in [2.75, 3.05) is 49.0 Å². The second-order valence-electron chi connectivity index (χ2n) is 8.71. The number of amides is 1. The molecule has 3 aromatic rings. The van der Waals surface area contributed by atoms with Crippen LogP contribution in [0.25, 0.3) is 0 Å². The Morgan fingerprint density at radius 1 is 0.941 bits per heavy atom. The van der Waals surface area contributed by atoms with Crippen LogP contribution in [-0.2, 0) is 11.2 Å². The lowest BCUT2D eigenvalue weighted by Crippen LogP contribution is -2.60. The molecule has 1 saturated heterocycles. The van der Waals surface area contributed by atoms with E-state index in [2.05, 4.69) is 27.2 Å². The number of carbonyl (C=O) groups excluding carboxylic acids is 1. The number of hydrogen-bond donors (Lipinski definition) is 1. The van der Waals surface area contributed by atoms with E-state index >= 15 is 0 Å². The monoisotopic (exact) mass is 461 g/mol. The number of nitrogens with one attached hydrogen (secondary N) is 1. The first kappa shape index (κ1) is 22.1. The molecule has 0 radical (unpaired) electrons. The third-order valence-corrected chi connectivity index (χ3v) is 6.81. The van der Waals surface area contributed by atoms with Crippen LogP contribution in [0.3, 0.4) is 0 Å². The molecule has 0 aromatic heterocycles. The number of methoxy groups -OCH3 is 2. The van der Waals surface area contributed by atoms with E-state index in [1.54, 1.807) is 26.4 Å². The fourth-order valence-electron chi connectivity index (χ4n) is 5.00. The summed E-state index contributed by atoms with van der Waals surface area (Å²) in [6, 6.07) is 20.0. The number of fused-ring (bicyclic) bond motifs is 3. The molecule has 0 bridgehead atoms. The lowest BCUT2D eigenvalue weighted by Gasteiger charge is -2.49. The predicted molar refractivity (Wildman–Crippen MR) is 132 cm³/mol. The average Bonchev–Trinajstić information content (AvgIpc) is 2.88. The van der Waals surface area contributed by atoms with Gasteiger partial charge in [-0.25, -0.2) is 4.39 Å². The Kier molecular flexibility index (Phi) is 6.01. The molecule has 3 aromatic carbocycles. The van der Waals surface area contributed by atoms with Crippen LogP contribution in [0.15, 0.2) is 66.7 Å². The molecule has 176 valence electrons. The Morgan fingerprint density at radius 3 is 2.35 bits per heavy atom. The number of benzene rings is 3. The molecular formula is C27H28FN3O3. The summed E-state index contributed by atoms with van der Waals surface area (Å²) in [5.74, 6) is 1.04. The van der Waals surface area contributed by atoms with E-state index in [1.807, 2.05) is 30.3 Å². The highest BCUT2D eigenvalue weighted by atomic mass is 19.1. The van der Waals surface area contributed by atoms with Gasteiger partial charge in [0.15, 0.2) is 0 Å². The normalized spacial score (nSPS) is 19.1. The second-order valence-corrected chi connectivity index (χ2v) is 8.71. The highest BCUT2D eigenvalue weighted by molar-refractivity contribution is 5.94. The summed E-state index contributed by atoms with van der Waals surface area (Å²) in [4.78, 5) is 18.1. The first-order valence-electron chi connectivity index (χ1n) is 11.4. The van der Waals surface area contributed by atoms with E-state index in [1.165, 1.54) is 12.1 Å². The fourth-order valence-corrected chi connectivity index (χ4v) is 5.00. The lowest BCUT2D eigenvalue weighted by molar-refractivity contribution is -0.120. The Morgan fingerprint density at radius 2 is 1.65 bits per heavy atom. The molecule has 34 heavy (non-hydrogen) atoms. The third-order valence-electron chi connectivity index (χ3n) is 6.81. The number of carbonyl (C=O) groups is 1. The number of piperazine rings is 1. The summed E-state index contributed by atoms with van der Waals surface area (Å²) in [7, 11) is 3.28. The van der Waals surface area contributed by atoms with Gasteiger partial charge in [0.25, 0.3) is 0 Å². The number of ether oxygens (including phenoxy) is 2. The molecule has 1 N–H and O–H groups in total. The van der Waals surface area contributed by atoms with Gasteiger partial charge in [0.1, 0.15) is 17.3 Å². The van der Waals surface area contributed by atoms with Gasteiger partial charge in [-0.05, 0) is 66.6 Å². The zero-order chi connectivity index (χ0) is 23.7. The van der Waals surface area contributed by atoms with Crippen LogP contribution in [0.5, 0.6) is 11.5 Å². The molecule has 2 aliphatic heterocycles. The van der Waals surface area contributed by atoms with Gasteiger partial charge >= 0.3 is 0 Å². The summed E-state index contributed by atoms with van der Waals surface area (Å²) >= 11 is 0. The standard InChI is InChI=1S/C27H28FN3O3/c1-33-22-11-6-20(7-12-22)29-27(32)24-15-18-3-10-23(34-2)16-25(18)31-14-13-30(17-26(24)31)21-8-4-19(28)5-9-21/h3-12,16,24,26H,13-15,17H2,1-2H3,(H,29,32)/t24-,26+/m0/s1. The van der Waals surface area contributed by atoms with Crippen molar-refractivity contribution < 1.29 is 18.7 Å². The molecule has 0 spiro atoms. The van der Waals surface area contributed by atoms with Gasteiger partial charge in [0.05, 0.1) is 26.2 Å². The number of hydrogen-bond acceptors (Lipinski definition) is 5. The Hall–Kier alpha value is -3.74. The van der Waals surface area contributed by atoms with E-state index in [0.717, 1.165) is 47.2 Å². The largest absolute Gasteiger partial charge is 0.497 e. The molecule has 1 amide bonds. The van der Waals surface area contributed by atoms with E-state index in [9.17, 15) is 9.18 Å². The van der Waals surface area contributed by atoms with Gasteiger partial charge in [0.2, 0.25) is 5.91 Å². The van der Waals surface area contributed by atoms with Crippen LogP contribution < -0.4 is 24.6 Å². The number of rotatable bonds is 5. The van der Waals surface area contributed by atoms with Gasteiger partial charge in [0, 0.05) is 42.8 Å². The SMILES string of the molecule is COc1ccc(NC(=O)[C@H]2Cc3ccc(OC)cc3N3CCN(c4ccc(F)cc4)C[C@H]23)cc1. The first-order valence-corrected chi connectivity index (χ1v) is 11.4. The van der Waals surface area contributed by atoms with Crippen molar-refractivity contribution in [1.82, 2.24) is 0 Å². The van der Waals surface area contributed by atoms with Crippen molar-refractivity contribution in [2.24, 2.45) is 5.92 Å². The minimum Gasteiger partial charge on any atom is -0.497 e. The Bertz CT molecular complexity index is 1170. The maximum atomic E-state index is 13.5. The Balaban J connectivity index is 1.44. The molecule has 1 fully saturated rings. The maximum absolute atomic E-state index is 13.5. The van der Waals surface area contributed by atoms with E-state index < -0.39 is 0 Å².